The Morgan fingerprint density at radius 2 is 1.54 bits per heavy atom. The van der Waals surface area contributed by atoms with E-state index in [0.717, 1.165) is 37.4 Å². The fraction of sp³-hybridized carbons (Fsp3) is 0.250. The highest BCUT2D eigenvalue weighted by Gasteiger charge is 2.35. The first-order chi connectivity index (χ1) is 16.9. The van der Waals surface area contributed by atoms with Crippen LogP contribution in [0.4, 0.5) is 11.4 Å². The molecule has 2 aliphatic rings. The zero-order valence-electron chi connectivity index (χ0n) is 20.0. The van der Waals surface area contributed by atoms with Crippen LogP contribution in [0.5, 0.6) is 0 Å². The molecule has 0 spiro atoms. The number of piperazine rings is 1. The van der Waals surface area contributed by atoms with E-state index >= 15 is 0 Å². The second-order valence-corrected chi connectivity index (χ2v) is 9.19. The van der Waals surface area contributed by atoms with Gasteiger partial charge in [-0.15, -0.1) is 0 Å². The number of benzene rings is 3. The third-order valence-corrected chi connectivity index (χ3v) is 6.71. The predicted molar refractivity (Wildman–Crippen MR) is 136 cm³/mol. The smallest absolute Gasteiger partial charge is 0.261 e. The highest BCUT2D eigenvalue weighted by Crippen LogP contribution is 2.26. The number of carbonyl (C=O) groups excluding carboxylic acids is 3. The number of imide groups is 1. The Kier molecular flexibility index (Phi) is 6.09. The summed E-state index contributed by atoms with van der Waals surface area (Å²) in [5.74, 6) is -0.853. The molecular formula is C28H28N4O3. The third kappa shape index (κ3) is 4.55. The van der Waals surface area contributed by atoms with Crippen LogP contribution in [0, 0.1) is 6.92 Å². The minimum atomic E-state index is -0.309. The molecule has 0 aliphatic carbocycles. The first-order valence-corrected chi connectivity index (χ1v) is 11.8. The molecule has 35 heavy (non-hydrogen) atoms. The molecule has 1 N–H and O–H groups in total. The molecule has 7 heteroatoms. The summed E-state index contributed by atoms with van der Waals surface area (Å²) >= 11 is 0. The number of rotatable bonds is 5. The van der Waals surface area contributed by atoms with Crippen LogP contribution in [0.15, 0.2) is 66.7 Å². The second kappa shape index (κ2) is 9.35. The monoisotopic (exact) mass is 468 g/mol. The van der Waals surface area contributed by atoms with Crippen molar-refractivity contribution in [2.75, 3.05) is 43.4 Å². The van der Waals surface area contributed by atoms with Gasteiger partial charge in [-0.25, -0.2) is 0 Å². The SMILES string of the molecule is Cc1cc(NC(=O)c2cccc(CN3C(=O)c4ccccc4C3=O)c2)ccc1N1CCN(C)CC1. The van der Waals surface area contributed by atoms with Crippen LogP contribution in [0.25, 0.3) is 0 Å². The van der Waals surface area contributed by atoms with Gasteiger partial charge >= 0.3 is 0 Å². The van der Waals surface area contributed by atoms with Gasteiger partial charge in [0, 0.05) is 43.1 Å². The Bertz CT molecular complexity index is 1280. The summed E-state index contributed by atoms with van der Waals surface area (Å²) in [6, 6.07) is 19.9. The van der Waals surface area contributed by atoms with Crippen molar-refractivity contribution in [3.63, 3.8) is 0 Å². The highest BCUT2D eigenvalue weighted by atomic mass is 16.2. The van der Waals surface area contributed by atoms with Gasteiger partial charge < -0.3 is 15.1 Å². The first-order valence-electron chi connectivity index (χ1n) is 11.8. The minimum Gasteiger partial charge on any atom is -0.369 e. The number of fused-ring (bicyclic) bond motifs is 1. The lowest BCUT2D eigenvalue weighted by Crippen LogP contribution is -2.44. The fourth-order valence-electron chi connectivity index (χ4n) is 4.71. The number of amides is 3. The van der Waals surface area contributed by atoms with E-state index in [9.17, 15) is 14.4 Å². The predicted octanol–water partition coefficient (Wildman–Crippen LogP) is 3.80. The maximum absolute atomic E-state index is 13.0. The average molecular weight is 469 g/mol. The van der Waals surface area contributed by atoms with Crippen LogP contribution in [-0.2, 0) is 6.54 Å². The largest absolute Gasteiger partial charge is 0.369 e. The Morgan fingerprint density at radius 1 is 0.857 bits per heavy atom. The Balaban J connectivity index is 1.27. The number of nitrogens with zero attached hydrogens (tertiary/aromatic N) is 3. The van der Waals surface area contributed by atoms with E-state index in [1.807, 2.05) is 18.2 Å². The van der Waals surface area contributed by atoms with Crippen molar-refractivity contribution in [2.24, 2.45) is 0 Å². The van der Waals surface area contributed by atoms with Gasteiger partial charge in [0.05, 0.1) is 17.7 Å². The summed E-state index contributed by atoms with van der Waals surface area (Å²) < 4.78 is 0. The molecule has 5 rings (SSSR count). The molecule has 3 aromatic carbocycles. The molecule has 3 aromatic rings. The van der Waals surface area contributed by atoms with E-state index in [1.165, 1.54) is 10.6 Å². The maximum Gasteiger partial charge on any atom is 0.261 e. The maximum atomic E-state index is 13.0. The molecule has 0 saturated carbocycles. The molecule has 0 atom stereocenters. The van der Waals surface area contributed by atoms with Crippen molar-refractivity contribution in [2.45, 2.75) is 13.5 Å². The van der Waals surface area contributed by atoms with Gasteiger partial charge in [-0.1, -0.05) is 24.3 Å². The molecule has 2 heterocycles. The molecule has 1 fully saturated rings. The summed E-state index contributed by atoms with van der Waals surface area (Å²) in [4.78, 5) is 44.3. The summed E-state index contributed by atoms with van der Waals surface area (Å²) in [5, 5.41) is 2.98. The molecule has 0 radical (unpaired) electrons. The summed E-state index contributed by atoms with van der Waals surface area (Å²) in [7, 11) is 2.14. The van der Waals surface area contributed by atoms with Crippen molar-refractivity contribution < 1.29 is 14.4 Å². The molecule has 2 aliphatic heterocycles. The molecular weight excluding hydrogens is 440 g/mol. The van der Waals surface area contributed by atoms with Crippen molar-refractivity contribution in [3.05, 3.63) is 94.5 Å². The molecule has 0 bridgehead atoms. The highest BCUT2D eigenvalue weighted by molar-refractivity contribution is 6.21. The number of aryl methyl sites for hydroxylation is 1. The fourth-order valence-corrected chi connectivity index (χ4v) is 4.71. The van der Waals surface area contributed by atoms with E-state index in [2.05, 4.69) is 35.2 Å². The van der Waals surface area contributed by atoms with Gasteiger partial charge in [0.25, 0.3) is 17.7 Å². The van der Waals surface area contributed by atoms with Crippen LogP contribution in [0.2, 0.25) is 0 Å². The quantitative estimate of drug-likeness (QED) is 0.577. The lowest BCUT2D eigenvalue weighted by atomic mass is 10.1. The van der Waals surface area contributed by atoms with Crippen molar-refractivity contribution >= 4 is 29.1 Å². The molecule has 1 saturated heterocycles. The standard InChI is InChI=1S/C28H28N4O3/c1-19-16-22(10-11-25(19)31-14-12-30(2)13-15-31)29-26(33)21-7-5-6-20(17-21)18-32-27(34)23-8-3-4-9-24(23)28(32)35/h3-11,16-17H,12-15,18H2,1-2H3,(H,29,33). The summed E-state index contributed by atoms with van der Waals surface area (Å²) in [5.41, 5.74) is 5.07. The Hall–Kier alpha value is -3.97. The zero-order valence-corrected chi connectivity index (χ0v) is 20.0. The van der Waals surface area contributed by atoms with Crippen LogP contribution in [0.1, 0.15) is 42.2 Å². The number of hydrogen-bond donors (Lipinski definition) is 1. The van der Waals surface area contributed by atoms with Crippen LogP contribution in [0.3, 0.4) is 0 Å². The van der Waals surface area contributed by atoms with Gasteiger partial charge in [0.15, 0.2) is 0 Å². The lowest BCUT2D eigenvalue weighted by molar-refractivity contribution is 0.0642. The molecule has 178 valence electrons. The normalized spacial score (nSPS) is 15.9. The van der Waals surface area contributed by atoms with Gasteiger partial charge in [-0.05, 0) is 67.6 Å². The van der Waals surface area contributed by atoms with Crippen LogP contribution >= 0.6 is 0 Å². The van der Waals surface area contributed by atoms with Crippen LogP contribution in [-0.4, -0.2) is 60.7 Å². The molecule has 0 unspecified atom stereocenters. The average Bonchev–Trinajstić information content (AvgIpc) is 3.10. The molecule has 0 aromatic heterocycles. The van der Waals surface area contributed by atoms with E-state index < -0.39 is 0 Å². The van der Waals surface area contributed by atoms with Gasteiger partial charge in [0.1, 0.15) is 0 Å². The topological polar surface area (TPSA) is 73.0 Å². The molecule has 7 nitrogen and oxygen atoms in total. The third-order valence-electron chi connectivity index (χ3n) is 6.71. The number of likely N-dealkylation sites (N-methyl/N-ethyl adjacent to an activating group) is 1. The second-order valence-electron chi connectivity index (χ2n) is 9.19. The van der Waals surface area contributed by atoms with E-state index in [-0.39, 0.29) is 24.3 Å². The number of carbonyl (C=O) groups is 3. The van der Waals surface area contributed by atoms with E-state index in [4.69, 9.17) is 0 Å². The Labute approximate surface area is 204 Å². The number of nitrogens with one attached hydrogen (secondary N) is 1. The van der Waals surface area contributed by atoms with Gasteiger partial charge in [0.2, 0.25) is 0 Å². The molecule has 3 amide bonds. The summed E-state index contributed by atoms with van der Waals surface area (Å²) in [6.07, 6.45) is 0. The number of anilines is 2. The Morgan fingerprint density at radius 3 is 2.20 bits per heavy atom. The first kappa shape index (κ1) is 22.8. The van der Waals surface area contributed by atoms with E-state index in [1.54, 1.807) is 42.5 Å². The van der Waals surface area contributed by atoms with Gasteiger partial charge in [-0.2, -0.15) is 0 Å². The summed E-state index contributed by atoms with van der Waals surface area (Å²) in [6.45, 7) is 6.23. The zero-order chi connectivity index (χ0) is 24.5. The van der Waals surface area contributed by atoms with Crippen molar-refractivity contribution in [3.8, 4) is 0 Å². The lowest BCUT2D eigenvalue weighted by Gasteiger charge is -2.35. The van der Waals surface area contributed by atoms with E-state index in [0.29, 0.717) is 22.3 Å². The van der Waals surface area contributed by atoms with Crippen LogP contribution < -0.4 is 10.2 Å². The minimum absolute atomic E-state index is 0.117. The number of hydrogen-bond acceptors (Lipinski definition) is 5. The van der Waals surface area contributed by atoms with Crippen molar-refractivity contribution in [1.82, 2.24) is 9.80 Å². The van der Waals surface area contributed by atoms with Gasteiger partial charge in [-0.3, -0.25) is 19.3 Å². The van der Waals surface area contributed by atoms with Crippen molar-refractivity contribution in [1.29, 1.82) is 0 Å².